The summed E-state index contributed by atoms with van der Waals surface area (Å²) in [6.45, 7) is 1.28. The largest absolute Gasteiger partial charge is 0.380 e. The van der Waals surface area contributed by atoms with Gasteiger partial charge in [-0.2, -0.15) is 0 Å². The summed E-state index contributed by atoms with van der Waals surface area (Å²) in [4.78, 5) is 61.0. The molecule has 0 aliphatic carbocycles. The number of aliphatic hydroxyl groups excluding tert-OH is 4. The maximum Gasteiger partial charge on any atom is 0.255 e. The summed E-state index contributed by atoms with van der Waals surface area (Å²) in [6, 6.07) is 35.5. The van der Waals surface area contributed by atoms with Crippen molar-refractivity contribution in [2.45, 2.75) is 81.7 Å². The van der Waals surface area contributed by atoms with Crippen LogP contribution in [-0.2, 0) is 45.1 Å². The highest BCUT2D eigenvalue weighted by Crippen LogP contribution is 2.39. The van der Waals surface area contributed by atoms with Gasteiger partial charge in [0.15, 0.2) is 24.4 Å². The van der Waals surface area contributed by atoms with Crippen molar-refractivity contribution in [1.82, 2.24) is 20.4 Å². The molecule has 4 aromatic carbocycles. The Morgan fingerprint density at radius 2 is 1.30 bits per heavy atom. The van der Waals surface area contributed by atoms with Crippen LogP contribution in [0.15, 0.2) is 126 Å². The molecule has 2 aliphatic rings. The number of hydrogen-bond acceptors (Lipinski definition) is 11. The Kier molecular flexibility index (Phi) is 17.3. The lowest BCUT2D eigenvalue weighted by atomic mass is 9.98. The maximum absolute atomic E-state index is 14.1. The van der Waals surface area contributed by atoms with E-state index >= 15 is 0 Å². The van der Waals surface area contributed by atoms with Crippen molar-refractivity contribution in [2.24, 2.45) is 5.92 Å². The zero-order valence-corrected chi connectivity index (χ0v) is 42.2. The van der Waals surface area contributed by atoms with Crippen LogP contribution in [0.4, 0.5) is 5.69 Å². The van der Waals surface area contributed by atoms with Crippen LogP contribution in [0.2, 0.25) is 10.0 Å². The number of hydrogen-bond donors (Lipinski definition) is 6. The molecule has 6 aromatic rings. The van der Waals surface area contributed by atoms with Gasteiger partial charge in [-0.05, 0) is 118 Å². The van der Waals surface area contributed by atoms with Gasteiger partial charge in [-0.1, -0.05) is 96.0 Å². The van der Waals surface area contributed by atoms with E-state index in [-0.39, 0.29) is 25.6 Å². The molecule has 6 N–H and O–H groups in total. The molecule has 8 rings (SSSR count). The quantitative estimate of drug-likeness (QED) is 0.0495. The predicted molar refractivity (Wildman–Crippen MR) is 277 cm³/mol. The van der Waals surface area contributed by atoms with Crippen LogP contribution in [0, 0.1) is 5.92 Å². The third-order valence-corrected chi connectivity index (χ3v) is 15.8. The van der Waals surface area contributed by atoms with Crippen molar-refractivity contribution in [2.75, 3.05) is 31.6 Å². The van der Waals surface area contributed by atoms with Crippen LogP contribution in [0.5, 0.6) is 0 Å². The Labute approximate surface area is 431 Å². The predicted octanol–water partition coefficient (Wildman–Crippen LogP) is 7.06. The molecule has 17 heteroatoms. The monoisotopic (exact) mass is 1040 g/mol. The van der Waals surface area contributed by atoms with Crippen molar-refractivity contribution in [3.8, 4) is 0 Å². The number of nitrogens with one attached hydrogen (secondary N) is 2. The number of benzene rings is 4. The van der Waals surface area contributed by atoms with E-state index in [1.807, 2.05) is 120 Å². The fourth-order valence-electron chi connectivity index (χ4n) is 9.52. The molecule has 2 aliphatic heterocycles. The lowest BCUT2D eigenvalue weighted by molar-refractivity contribution is -0.154. The second kappa shape index (κ2) is 23.7. The fraction of sp³-hybridized carbons (Fsp3) is 0.333. The standard InChI is InChI=1S/C54H57Cl2N5O8S2/c1-59(41-16-8-14-39(26-41)45-18-9-19-60(45)53(68)49(64)47(62)52(67)58-28-43-22-34(31-71-43)20-37-12-5-6-17-44(37)56)29-36-24-46(38-13-7-15-40(55)25-38)61(30-36)54(69)50(65)48(63)51(66)57-27-35-23-42(70-32-35)21-33-10-3-2-4-11-33/h2-8,10-17,22-23,25-26,31-32,36,45-50,62-65H,9,18-21,24,27-30H2,1H3,(H,57,66)(H,58,67)/t36?,45-,46?,47-,48-,49-,50-/m1/s1. The molecule has 0 radical (unpaired) electrons. The Morgan fingerprint density at radius 3 is 2.03 bits per heavy atom. The summed E-state index contributed by atoms with van der Waals surface area (Å²) in [6.07, 6.45) is -4.82. The molecule has 0 bridgehead atoms. The third-order valence-electron chi connectivity index (χ3n) is 13.2. The molecule has 0 spiro atoms. The van der Waals surface area contributed by atoms with Gasteiger partial charge in [0.25, 0.3) is 23.6 Å². The number of aliphatic hydroxyl groups is 4. The van der Waals surface area contributed by atoms with Crippen molar-refractivity contribution < 1.29 is 39.6 Å². The number of nitrogens with zero attached hydrogens (tertiary/aromatic N) is 3. The molecule has 7 atom stereocenters. The fourth-order valence-corrected chi connectivity index (χ4v) is 11.7. The van der Waals surface area contributed by atoms with Gasteiger partial charge in [0.2, 0.25) is 0 Å². The summed E-state index contributed by atoms with van der Waals surface area (Å²) in [7, 11) is 1.92. The van der Waals surface area contributed by atoms with Gasteiger partial charge in [-0.3, -0.25) is 19.2 Å². The molecule has 13 nitrogen and oxygen atoms in total. The van der Waals surface area contributed by atoms with E-state index in [9.17, 15) is 39.6 Å². The topological polar surface area (TPSA) is 183 Å². The molecular formula is C54H57Cl2N5O8S2. The molecule has 4 amide bonds. The highest BCUT2D eigenvalue weighted by Gasteiger charge is 2.43. The van der Waals surface area contributed by atoms with E-state index in [1.54, 1.807) is 29.5 Å². The highest BCUT2D eigenvalue weighted by atomic mass is 35.5. The van der Waals surface area contributed by atoms with Gasteiger partial charge in [-0.25, -0.2) is 0 Å². The lowest BCUT2D eigenvalue weighted by Crippen LogP contribution is -2.50. The number of halogens is 2. The minimum atomic E-state index is -2.02. The van der Waals surface area contributed by atoms with Gasteiger partial charge in [-0.15, -0.1) is 22.7 Å². The van der Waals surface area contributed by atoms with E-state index < -0.39 is 60.1 Å². The molecule has 71 heavy (non-hydrogen) atoms. The lowest BCUT2D eigenvalue weighted by Gasteiger charge is -2.30. The Morgan fingerprint density at radius 1 is 0.662 bits per heavy atom. The summed E-state index contributed by atoms with van der Waals surface area (Å²) in [5.74, 6) is -3.34. The van der Waals surface area contributed by atoms with Gasteiger partial charge < -0.3 is 45.8 Å². The van der Waals surface area contributed by atoms with Gasteiger partial charge in [0, 0.05) is 65.1 Å². The smallest absolute Gasteiger partial charge is 0.255 e. The normalized spacial score (nSPS) is 18.4. The second-order valence-corrected chi connectivity index (χ2v) is 21.2. The Bertz CT molecular complexity index is 2810. The Hall–Kier alpha value is -5.62. The Balaban J connectivity index is 0.863. The zero-order chi connectivity index (χ0) is 50.2. The molecule has 2 unspecified atom stereocenters. The van der Waals surface area contributed by atoms with Crippen LogP contribution >= 0.6 is 45.9 Å². The first-order valence-electron chi connectivity index (χ1n) is 23.6. The SMILES string of the molecule is CN(CC1CC(c2cccc(Cl)c2)N(C(=O)[C@H](O)[C@@H](O)C(=O)NCc2csc(Cc3ccccc3)c2)C1)c1cccc([C@H]2CCCN2C(=O)[C@H](O)[C@@H](O)C(=O)NCc2cc(Cc3ccccc3Cl)cs2)c1. The maximum atomic E-state index is 14.1. The van der Waals surface area contributed by atoms with Crippen molar-refractivity contribution in [3.63, 3.8) is 0 Å². The minimum absolute atomic E-state index is 0.110. The number of carbonyl (C=O) groups is 4. The molecule has 0 saturated carbocycles. The van der Waals surface area contributed by atoms with Crippen LogP contribution in [0.1, 0.15) is 74.5 Å². The van der Waals surface area contributed by atoms with Crippen LogP contribution < -0.4 is 15.5 Å². The molecular weight excluding hydrogens is 982 g/mol. The van der Waals surface area contributed by atoms with Crippen LogP contribution in [-0.4, -0.2) is 105 Å². The third kappa shape index (κ3) is 12.9. The summed E-state index contributed by atoms with van der Waals surface area (Å²) >= 11 is 15.7. The van der Waals surface area contributed by atoms with E-state index in [4.69, 9.17) is 23.2 Å². The molecule has 2 fully saturated rings. The van der Waals surface area contributed by atoms with Crippen LogP contribution in [0.3, 0.4) is 0 Å². The van der Waals surface area contributed by atoms with Crippen molar-refractivity contribution >= 4 is 75.2 Å². The second-order valence-electron chi connectivity index (χ2n) is 18.3. The average molecular weight is 1040 g/mol. The molecule has 4 heterocycles. The number of thiophene rings is 2. The first kappa shape index (κ1) is 51.7. The zero-order valence-electron chi connectivity index (χ0n) is 39.1. The van der Waals surface area contributed by atoms with E-state index in [2.05, 4.69) is 10.6 Å². The van der Waals surface area contributed by atoms with Gasteiger partial charge >= 0.3 is 0 Å². The van der Waals surface area contributed by atoms with E-state index in [0.717, 1.165) is 55.2 Å². The summed E-state index contributed by atoms with van der Waals surface area (Å²) < 4.78 is 0. The number of anilines is 1. The van der Waals surface area contributed by atoms with E-state index in [0.29, 0.717) is 48.8 Å². The molecule has 2 saturated heterocycles. The first-order valence-corrected chi connectivity index (χ1v) is 26.1. The average Bonchev–Trinajstić information content (AvgIpc) is 4.23. The molecule has 2 aromatic heterocycles. The first-order chi connectivity index (χ1) is 34.2. The number of likely N-dealkylation sites (tertiary alicyclic amines) is 2. The van der Waals surface area contributed by atoms with Crippen LogP contribution in [0.25, 0.3) is 0 Å². The number of rotatable bonds is 19. The molecule has 372 valence electrons. The van der Waals surface area contributed by atoms with Gasteiger partial charge in [0.05, 0.1) is 18.6 Å². The van der Waals surface area contributed by atoms with Gasteiger partial charge in [0.1, 0.15) is 0 Å². The minimum Gasteiger partial charge on any atom is -0.380 e. The van der Waals surface area contributed by atoms with E-state index in [1.165, 1.54) is 21.1 Å². The summed E-state index contributed by atoms with van der Waals surface area (Å²) in [5.41, 5.74) is 6.42. The highest BCUT2D eigenvalue weighted by molar-refractivity contribution is 7.10. The number of carbonyl (C=O) groups excluding carboxylic acids is 4. The summed E-state index contributed by atoms with van der Waals surface area (Å²) in [5, 5.41) is 54.5. The van der Waals surface area contributed by atoms with Crippen molar-refractivity contribution in [1.29, 1.82) is 0 Å². The number of amides is 4. The van der Waals surface area contributed by atoms with Crippen molar-refractivity contribution in [3.05, 3.63) is 179 Å².